The van der Waals surface area contributed by atoms with Crippen LogP contribution in [0.15, 0.2) is 473 Å². The van der Waals surface area contributed by atoms with E-state index < -0.39 is 0 Å². The molecule has 0 amide bonds. The van der Waals surface area contributed by atoms with Gasteiger partial charge in [0.1, 0.15) is 0 Å². The number of hydrogen-bond acceptors (Lipinski definition) is 12. The van der Waals surface area contributed by atoms with E-state index in [0.29, 0.717) is 52.8 Å². The van der Waals surface area contributed by atoms with Gasteiger partial charge in [0.05, 0.1) is 66.2 Å². The third-order valence-electron chi connectivity index (χ3n) is 25.2. The highest BCUT2D eigenvalue weighted by Gasteiger charge is 2.28. The molecule has 0 aliphatic rings. The van der Waals surface area contributed by atoms with Crippen LogP contribution in [0.25, 0.3) is 236 Å². The molecule has 0 atom stereocenters. The molecule has 27 rings (SSSR count). The number of rotatable bonds is 15. The topological polar surface area (TPSA) is 183 Å². The minimum Gasteiger partial charge on any atom is -0.276 e. The van der Waals surface area contributed by atoms with Gasteiger partial charge < -0.3 is 0 Å². The first-order valence-electron chi connectivity index (χ1n) is 45.8. The molecule has 138 heavy (non-hydrogen) atoms. The number of aromatic nitrogens is 18. The maximum atomic E-state index is 5.13. The zero-order valence-corrected chi connectivity index (χ0v) is 74.1. The summed E-state index contributed by atoms with van der Waals surface area (Å²) in [4.78, 5) is 60.4. The maximum absolute atomic E-state index is 5.13. The van der Waals surface area contributed by atoms with Gasteiger partial charge in [-0.15, -0.1) is 0 Å². The van der Waals surface area contributed by atoms with Crippen molar-refractivity contribution in [2.75, 3.05) is 0 Å². The quantitative estimate of drug-likeness (QED) is 0.0948. The second-order valence-electron chi connectivity index (χ2n) is 33.7. The Morgan fingerprint density at radius 1 is 0.123 bits per heavy atom. The standard InChI is InChI=1S/3C40H26N6/c1-4-14-27(15-5-1)31-20-10-11-21-32(31)30-24-25-35-36(26-30)45-34-23-13-12-22-33(34)41-40(45)46(35)39-43-37(28-16-6-2-7-17-28)42-38(44-39)29-18-8-3-9-19-29;1-4-13-27(14-5-1)30-19-12-20-31(25-30)32-23-24-35-36(26-32)45-34-22-11-10-21-33(34)41-40(45)46(35)39-43-37(28-15-6-2-7-16-28)42-38(44-39)29-17-8-3-9-18-29;1-4-12-27(13-5-1)28-20-22-29(23-21-28)32-24-25-35-36(26-32)45-34-19-11-10-18-33(34)41-40(45)46(35)39-43-37(30-14-6-2-7-15-30)42-38(44-39)31-16-8-3-9-17-31/h3*1-26H. The van der Waals surface area contributed by atoms with Gasteiger partial charge in [-0.2, -0.15) is 29.9 Å². The molecule has 18 aromatic carbocycles. The summed E-state index contributed by atoms with van der Waals surface area (Å²) >= 11 is 0. The van der Waals surface area contributed by atoms with Crippen molar-refractivity contribution in [3.05, 3.63) is 473 Å². The molecule has 0 bridgehead atoms. The molecule has 0 aliphatic carbocycles. The molecule has 9 aromatic heterocycles. The van der Waals surface area contributed by atoms with E-state index in [0.717, 1.165) is 145 Å². The average molecular weight is 1770 g/mol. The van der Waals surface area contributed by atoms with Gasteiger partial charge in [0.15, 0.2) is 34.9 Å². The van der Waals surface area contributed by atoms with E-state index >= 15 is 0 Å². The SMILES string of the molecule is c1ccc(-c2ccc(-c3ccc4c(c3)n3c5ccccc5nc3n4-c3nc(-c4ccccc4)nc(-c4ccccc4)n3)cc2)cc1.c1ccc(-c2cccc(-c3ccc4c(c3)n3c5ccccc5nc3n4-c3nc(-c4ccccc4)nc(-c4ccccc4)n3)c2)cc1.c1ccc(-c2nc(-c3ccccc3)nc(-n3c4ccc(-c5ccccc5-c5ccccc5)cc4n4c5ccccc5nc34)n2)cc1. The molecule has 18 heteroatoms. The molecule has 0 aliphatic heterocycles. The molecule has 9 heterocycles. The summed E-state index contributed by atoms with van der Waals surface area (Å²) in [5.74, 6) is 7.42. The Morgan fingerprint density at radius 3 is 0.659 bits per heavy atom. The van der Waals surface area contributed by atoms with Crippen LogP contribution >= 0.6 is 0 Å². The molecular weight excluding hydrogens is 1690 g/mol. The number of para-hydroxylation sites is 6. The normalized spacial score (nSPS) is 11.5. The first-order chi connectivity index (χ1) is 68.4. The summed E-state index contributed by atoms with van der Waals surface area (Å²) < 4.78 is 12.8. The lowest BCUT2D eigenvalue weighted by molar-refractivity contribution is 0.937. The van der Waals surface area contributed by atoms with Crippen molar-refractivity contribution in [2.24, 2.45) is 0 Å². The third kappa shape index (κ3) is 14.9. The molecule has 0 radical (unpaired) electrons. The van der Waals surface area contributed by atoms with E-state index in [-0.39, 0.29) is 0 Å². The van der Waals surface area contributed by atoms with Gasteiger partial charge in [-0.05, 0) is 146 Å². The zero-order valence-electron chi connectivity index (χ0n) is 74.1. The molecule has 18 nitrogen and oxygen atoms in total. The number of fused-ring (bicyclic) bond motifs is 15. The van der Waals surface area contributed by atoms with Crippen molar-refractivity contribution in [1.82, 2.24) is 86.7 Å². The van der Waals surface area contributed by atoms with E-state index in [1.54, 1.807) is 0 Å². The molecular formula is C120H78N18. The lowest BCUT2D eigenvalue weighted by Gasteiger charge is -2.11. The fraction of sp³-hybridized carbons (Fsp3) is 0. The molecule has 0 N–H and O–H groups in total. The minimum absolute atomic E-state index is 0.514. The summed E-state index contributed by atoms with van der Waals surface area (Å²) in [5.41, 5.74) is 31.2. The van der Waals surface area contributed by atoms with Crippen molar-refractivity contribution < 1.29 is 0 Å². The largest absolute Gasteiger partial charge is 0.276 e. The minimum atomic E-state index is 0.514. The summed E-state index contributed by atoms with van der Waals surface area (Å²) in [6.45, 7) is 0. The van der Waals surface area contributed by atoms with Gasteiger partial charge in [-0.1, -0.05) is 394 Å². The van der Waals surface area contributed by atoms with E-state index in [9.17, 15) is 0 Å². The van der Waals surface area contributed by atoms with E-state index in [1.165, 1.54) is 38.9 Å². The highest BCUT2D eigenvalue weighted by molar-refractivity contribution is 5.99. The number of nitrogens with zero attached hydrogens (tertiary/aromatic N) is 18. The molecule has 0 unspecified atom stereocenters. The Kier molecular flexibility index (Phi) is 20.4. The van der Waals surface area contributed by atoms with Crippen LogP contribution in [0.5, 0.6) is 0 Å². The summed E-state index contributed by atoms with van der Waals surface area (Å²) in [7, 11) is 0. The van der Waals surface area contributed by atoms with Gasteiger partial charge in [0.2, 0.25) is 35.2 Å². The molecule has 0 saturated heterocycles. The third-order valence-corrected chi connectivity index (χ3v) is 25.2. The first kappa shape index (κ1) is 80.8. The van der Waals surface area contributed by atoms with Gasteiger partial charge in [0, 0.05) is 33.4 Å². The van der Waals surface area contributed by atoms with E-state index in [1.807, 2.05) is 231 Å². The Balaban J connectivity index is 0.000000110. The summed E-state index contributed by atoms with van der Waals surface area (Å²) in [6.07, 6.45) is 0. The van der Waals surface area contributed by atoms with Crippen LogP contribution in [0.3, 0.4) is 0 Å². The highest BCUT2D eigenvalue weighted by Crippen LogP contribution is 2.41. The predicted molar refractivity (Wildman–Crippen MR) is 554 cm³/mol. The Morgan fingerprint density at radius 2 is 0.333 bits per heavy atom. The lowest BCUT2D eigenvalue weighted by Crippen LogP contribution is -2.07. The highest BCUT2D eigenvalue weighted by atomic mass is 15.3. The van der Waals surface area contributed by atoms with Crippen LogP contribution in [-0.2, 0) is 0 Å². The van der Waals surface area contributed by atoms with E-state index in [4.69, 9.17) is 59.8 Å². The summed E-state index contributed by atoms with van der Waals surface area (Å²) in [5, 5.41) is 0. The van der Waals surface area contributed by atoms with Crippen molar-refractivity contribution in [2.45, 2.75) is 0 Å². The monoisotopic (exact) mass is 1770 g/mol. The predicted octanol–water partition coefficient (Wildman–Crippen LogP) is 27.9. The Bertz CT molecular complexity index is 9060. The van der Waals surface area contributed by atoms with Crippen molar-refractivity contribution in [3.63, 3.8) is 0 Å². The Hall–Kier alpha value is -19.2. The second-order valence-corrected chi connectivity index (χ2v) is 33.7. The molecule has 0 saturated carbocycles. The summed E-state index contributed by atoms with van der Waals surface area (Å²) in [6, 6.07) is 162. The van der Waals surface area contributed by atoms with Crippen LogP contribution in [0.4, 0.5) is 0 Å². The molecule has 0 fully saturated rings. The zero-order chi connectivity index (χ0) is 91.4. The molecule has 27 aromatic rings. The smallest absolute Gasteiger partial charge is 0.241 e. The Labute approximate surface area is 791 Å². The number of hydrogen-bond donors (Lipinski definition) is 0. The van der Waals surface area contributed by atoms with Crippen LogP contribution < -0.4 is 0 Å². The lowest BCUT2D eigenvalue weighted by atomic mass is 9.94. The fourth-order valence-electron chi connectivity index (χ4n) is 18.6. The number of benzene rings is 18. The van der Waals surface area contributed by atoms with E-state index in [2.05, 4.69) is 270 Å². The van der Waals surface area contributed by atoms with Crippen LogP contribution in [0.2, 0.25) is 0 Å². The van der Waals surface area contributed by atoms with Crippen LogP contribution in [0, 0.1) is 0 Å². The first-order valence-corrected chi connectivity index (χ1v) is 45.8. The molecule has 648 valence electrons. The van der Waals surface area contributed by atoms with Crippen molar-refractivity contribution >= 4 is 83.5 Å². The van der Waals surface area contributed by atoms with Crippen molar-refractivity contribution in [3.8, 4) is 153 Å². The van der Waals surface area contributed by atoms with Gasteiger partial charge >= 0.3 is 0 Å². The van der Waals surface area contributed by atoms with Crippen molar-refractivity contribution in [1.29, 1.82) is 0 Å². The van der Waals surface area contributed by atoms with Crippen LogP contribution in [0.1, 0.15) is 0 Å². The second kappa shape index (κ2) is 34.8. The van der Waals surface area contributed by atoms with Gasteiger partial charge in [-0.3, -0.25) is 13.2 Å². The van der Waals surface area contributed by atoms with Gasteiger partial charge in [0.25, 0.3) is 0 Å². The number of imidazole rings is 6. The van der Waals surface area contributed by atoms with Crippen LogP contribution in [-0.4, -0.2) is 86.7 Å². The average Bonchev–Trinajstić information content (AvgIpc) is 1.57. The molecule has 0 spiro atoms. The maximum Gasteiger partial charge on any atom is 0.241 e. The fourth-order valence-corrected chi connectivity index (χ4v) is 18.6. The van der Waals surface area contributed by atoms with Gasteiger partial charge in [-0.25, -0.2) is 43.6 Å².